The average Bonchev–Trinajstić information content (AvgIpc) is 3.11. The van der Waals surface area contributed by atoms with Crippen molar-refractivity contribution in [1.29, 1.82) is 0 Å². The van der Waals surface area contributed by atoms with Gasteiger partial charge in [0.25, 0.3) is 0 Å². The number of carbonyl (C=O) groups is 1. The highest BCUT2D eigenvalue weighted by atomic mass is 32.2. The molecule has 1 amide bonds. The highest BCUT2D eigenvalue weighted by Crippen LogP contribution is 2.26. The molecule has 0 aromatic carbocycles. The Kier molecular flexibility index (Phi) is 3.73. The fourth-order valence-electron chi connectivity index (χ4n) is 1.60. The van der Waals surface area contributed by atoms with Gasteiger partial charge in [0.05, 0.1) is 24.3 Å². The van der Waals surface area contributed by atoms with Crippen molar-refractivity contribution in [3.05, 3.63) is 11.9 Å². The number of hydrogen-bond donors (Lipinski definition) is 1. The van der Waals surface area contributed by atoms with E-state index >= 15 is 0 Å². The zero-order valence-electron chi connectivity index (χ0n) is 10.1. The molecule has 6 heteroatoms. The van der Waals surface area contributed by atoms with Gasteiger partial charge in [-0.3, -0.25) is 4.79 Å². The zero-order chi connectivity index (χ0) is 12.4. The average molecular weight is 255 g/mol. The van der Waals surface area contributed by atoms with Gasteiger partial charge in [0, 0.05) is 20.1 Å². The van der Waals surface area contributed by atoms with Gasteiger partial charge in [-0.2, -0.15) is 0 Å². The minimum atomic E-state index is -0.0278. The van der Waals surface area contributed by atoms with Crippen molar-refractivity contribution < 1.29 is 9.90 Å². The Morgan fingerprint density at radius 3 is 2.94 bits per heavy atom. The lowest BCUT2D eigenvalue weighted by Gasteiger charge is -2.15. The Labute approximate surface area is 105 Å². The number of aromatic nitrogens is 2. The number of aliphatic hydroxyl groups excluding tert-OH is 1. The van der Waals surface area contributed by atoms with E-state index in [1.807, 2.05) is 23.6 Å². The largest absolute Gasteiger partial charge is 0.390 e. The summed E-state index contributed by atoms with van der Waals surface area (Å²) in [5, 5.41) is 9.80. The van der Waals surface area contributed by atoms with E-state index in [0.29, 0.717) is 11.8 Å². The first-order chi connectivity index (χ1) is 8.13. The van der Waals surface area contributed by atoms with Crippen LogP contribution < -0.4 is 0 Å². The van der Waals surface area contributed by atoms with E-state index in [0.717, 1.165) is 23.7 Å². The maximum absolute atomic E-state index is 11.8. The summed E-state index contributed by atoms with van der Waals surface area (Å²) in [5.74, 6) is 0.550. The molecule has 17 heavy (non-hydrogen) atoms. The third-order valence-electron chi connectivity index (χ3n) is 3.02. The van der Waals surface area contributed by atoms with Crippen molar-refractivity contribution in [3.8, 4) is 0 Å². The summed E-state index contributed by atoms with van der Waals surface area (Å²) in [6, 6.07) is 0.456. The van der Waals surface area contributed by atoms with Crippen molar-refractivity contribution in [2.24, 2.45) is 7.05 Å². The minimum absolute atomic E-state index is 0.0278. The van der Waals surface area contributed by atoms with Crippen LogP contribution in [0.2, 0.25) is 0 Å². The normalized spacial score (nSPS) is 15.0. The quantitative estimate of drug-likeness (QED) is 0.784. The van der Waals surface area contributed by atoms with E-state index in [9.17, 15) is 4.79 Å². The first-order valence-corrected chi connectivity index (χ1v) is 6.62. The molecular weight excluding hydrogens is 238 g/mol. The molecule has 0 atom stereocenters. The predicted molar refractivity (Wildman–Crippen MR) is 65.6 cm³/mol. The highest BCUT2D eigenvalue weighted by molar-refractivity contribution is 7.99. The standard InChI is InChI=1S/C11H17N3O2S/c1-13(8-3-4-8)10(16)7-17-11-12-5-9(6-15)14(11)2/h5,8,15H,3-4,6-7H2,1-2H3. The maximum atomic E-state index is 11.8. The number of imidazole rings is 1. The molecule has 0 unspecified atom stereocenters. The molecule has 2 rings (SSSR count). The number of rotatable bonds is 5. The molecule has 1 aromatic rings. The Bertz CT molecular complexity index is 415. The molecule has 1 N–H and O–H groups in total. The van der Waals surface area contributed by atoms with Gasteiger partial charge in [-0.15, -0.1) is 0 Å². The maximum Gasteiger partial charge on any atom is 0.233 e. The molecule has 1 aliphatic rings. The lowest BCUT2D eigenvalue weighted by atomic mass is 10.5. The highest BCUT2D eigenvalue weighted by Gasteiger charge is 2.29. The Morgan fingerprint density at radius 1 is 1.71 bits per heavy atom. The summed E-state index contributed by atoms with van der Waals surface area (Å²) in [7, 11) is 3.70. The number of thioether (sulfide) groups is 1. The molecule has 0 aliphatic heterocycles. The van der Waals surface area contributed by atoms with Crippen LogP contribution in [-0.2, 0) is 18.4 Å². The van der Waals surface area contributed by atoms with Gasteiger partial charge in [0.2, 0.25) is 5.91 Å². The number of carbonyl (C=O) groups excluding carboxylic acids is 1. The van der Waals surface area contributed by atoms with Crippen LogP contribution in [0.15, 0.2) is 11.4 Å². The molecular formula is C11H17N3O2S. The van der Waals surface area contributed by atoms with Crippen LogP contribution in [-0.4, -0.2) is 44.3 Å². The molecule has 0 spiro atoms. The molecule has 1 saturated carbocycles. The lowest BCUT2D eigenvalue weighted by Crippen LogP contribution is -2.30. The molecule has 94 valence electrons. The summed E-state index contributed by atoms with van der Waals surface area (Å²) in [4.78, 5) is 17.8. The summed E-state index contributed by atoms with van der Waals surface area (Å²) < 4.78 is 1.81. The second-order valence-electron chi connectivity index (χ2n) is 4.27. The van der Waals surface area contributed by atoms with Crippen molar-refractivity contribution in [3.63, 3.8) is 0 Å². The third kappa shape index (κ3) is 2.81. The number of hydrogen-bond acceptors (Lipinski definition) is 4. The van der Waals surface area contributed by atoms with E-state index in [1.54, 1.807) is 6.20 Å². The molecule has 1 aromatic heterocycles. The molecule has 1 aliphatic carbocycles. The van der Waals surface area contributed by atoms with Crippen LogP contribution in [0, 0.1) is 0 Å². The van der Waals surface area contributed by atoms with Crippen LogP contribution in [0.3, 0.4) is 0 Å². The van der Waals surface area contributed by atoms with Gasteiger partial charge in [-0.1, -0.05) is 11.8 Å². The van der Waals surface area contributed by atoms with E-state index in [2.05, 4.69) is 4.98 Å². The fourth-order valence-corrected chi connectivity index (χ4v) is 2.49. The fraction of sp³-hybridized carbons (Fsp3) is 0.636. The van der Waals surface area contributed by atoms with Gasteiger partial charge in [-0.05, 0) is 12.8 Å². The van der Waals surface area contributed by atoms with Crippen LogP contribution in [0.25, 0.3) is 0 Å². The van der Waals surface area contributed by atoms with Gasteiger partial charge >= 0.3 is 0 Å². The van der Waals surface area contributed by atoms with Gasteiger partial charge in [0.1, 0.15) is 0 Å². The van der Waals surface area contributed by atoms with Crippen LogP contribution in [0.5, 0.6) is 0 Å². The summed E-state index contributed by atoms with van der Waals surface area (Å²) in [6.45, 7) is -0.0278. The van der Waals surface area contributed by atoms with E-state index in [1.165, 1.54) is 11.8 Å². The summed E-state index contributed by atoms with van der Waals surface area (Å²) >= 11 is 1.41. The van der Waals surface area contributed by atoms with Crippen LogP contribution in [0.1, 0.15) is 18.5 Å². The molecule has 0 radical (unpaired) electrons. The number of aliphatic hydroxyl groups is 1. The molecule has 5 nitrogen and oxygen atoms in total. The van der Waals surface area contributed by atoms with Crippen LogP contribution in [0.4, 0.5) is 0 Å². The Balaban J connectivity index is 1.88. The van der Waals surface area contributed by atoms with Gasteiger partial charge < -0.3 is 14.6 Å². The SMILES string of the molecule is CN(C(=O)CSc1ncc(CO)n1C)C1CC1. The Morgan fingerprint density at radius 2 is 2.41 bits per heavy atom. The van der Waals surface area contributed by atoms with Gasteiger partial charge in [0.15, 0.2) is 5.16 Å². The first kappa shape index (κ1) is 12.4. The van der Waals surface area contributed by atoms with Crippen molar-refractivity contribution in [2.45, 2.75) is 30.6 Å². The number of amides is 1. The number of nitrogens with zero attached hydrogens (tertiary/aromatic N) is 3. The minimum Gasteiger partial charge on any atom is -0.390 e. The second kappa shape index (κ2) is 5.10. The summed E-state index contributed by atoms with van der Waals surface area (Å²) in [5.41, 5.74) is 0.760. The van der Waals surface area contributed by atoms with Crippen molar-refractivity contribution in [1.82, 2.24) is 14.5 Å². The summed E-state index contributed by atoms with van der Waals surface area (Å²) in [6.07, 6.45) is 3.89. The smallest absolute Gasteiger partial charge is 0.233 e. The molecule has 0 saturated heterocycles. The third-order valence-corrected chi connectivity index (χ3v) is 4.05. The predicted octanol–water partition coefficient (Wildman–Crippen LogP) is 0.625. The topological polar surface area (TPSA) is 58.4 Å². The van der Waals surface area contributed by atoms with E-state index in [-0.39, 0.29) is 12.5 Å². The van der Waals surface area contributed by atoms with E-state index in [4.69, 9.17) is 5.11 Å². The Hall–Kier alpha value is -1.01. The molecule has 1 heterocycles. The van der Waals surface area contributed by atoms with E-state index < -0.39 is 0 Å². The second-order valence-corrected chi connectivity index (χ2v) is 5.22. The van der Waals surface area contributed by atoms with Crippen LogP contribution >= 0.6 is 11.8 Å². The van der Waals surface area contributed by atoms with Gasteiger partial charge in [-0.25, -0.2) is 4.98 Å². The zero-order valence-corrected chi connectivity index (χ0v) is 10.9. The van der Waals surface area contributed by atoms with Crippen molar-refractivity contribution >= 4 is 17.7 Å². The lowest BCUT2D eigenvalue weighted by molar-refractivity contribution is -0.127. The molecule has 0 bridgehead atoms. The molecule has 1 fully saturated rings. The first-order valence-electron chi connectivity index (χ1n) is 5.63. The van der Waals surface area contributed by atoms with Crippen molar-refractivity contribution in [2.75, 3.05) is 12.8 Å². The monoisotopic (exact) mass is 255 g/mol.